The number of carbonyl (C=O) groups excluding carboxylic acids is 2. The van der Waals surface area contributed by atoms with Crippen molar-refractivity contribution in [1.29, 1.82) is 0 Å². The van der Waals surface area contributed by atoms with E-state index in [1.54, 1.807) is 16.9 Å². The van der Waals surface area contributed by atoms with E-state index in [9.17, 15) is 9.59 Å². The zero-order chi connectivity index (χ0) is 21.0. The summed E-state index contributed by atoms with van der Waals surface area (Å²) in [5.41, 5.74) is 2.14. The third-order valence-electron chi connectivity index (χ3n) is 5.64. The van der Waals surface area contributed by atoms with Crippen molar-refractivity contribution in [1.82, 2.24) is 20.0 Å². The van der Waals surface area contributed by atoms with Crippen LogP contribution in [0, 0.1) is 12.8 Å². The molecule has 0 saturated carbocycles. The molecule has 156 valence electrons. The molecular formula is C22H29ClN4O2. The van der Waals surface area contributed by atoms with Gasteiger partial charge in [-0.25, -0.2) is 4.68 Å². The molecule has 2 atom stereocenters. The fourth-order valence-electron chi connectivity index (χ4n) is 3.78. The van der Waals surface area contributed by atoms with Crippen molar-refractivity contribution in [2.75, 3.05) is 13.1 Å². The standard InChI is InChI=1S/C22H29ClN4O2/c1-4-5-11-24-21(28)17-10-9-15(2)26(14-17)22(29)20-13-25-27(16(20)3)19-8-6-7-18(23)12-19/h6-8,12-13,15,17H,4-5,9-11,14H2,1-3H3,(H,24,28). The number of hydrogen-bond acceptors (Lipinski definition) is 3. The van der Waals surface area contributed by atoms with Crippen LogP contribution in [0.25, 0.3) is 5.69 Å². The molecule has 2 unspecified atom stereocenters. The Labute approximate surface area is 177 Å². The van der Waals surface area contributed by atoms with E-state index in [-0.39, 0.29) is 23.8 Å². The van der Waals surface area contributed by atoms with Gasteiger partial charge < -0.3 is 10.2 Å². The molecule has 1 aliphatic rings. The quantitative estimate of drug-likeness (QED) is 0.724. The molecule has 1 fully saturated rings. The average Bonchev–Trinajstić information content (AvgIpc) is 3.09. The predicted molar refractivity (Wildman–Crippen MR) is 114 cm³/mol. The zero-order valence-electron chi connectivity index (χ0n) is 17.3. The molecule has 2 heterocycles. The van der Waals surface area contributed by atoms with Crippen LogP contribution in [-0.2, 0) is 4.79 Å². The number of hydrogen-bond donors (Lipinski definition) is 1. The van der Waals surface area contributed by atoms with Crippen LogP contribution in [0.15, 0.2) is 30.5 Å². The Kier molecular flexibility index (Phi) is 6.96. The second-order valence-electron chi connectivity index (χ2n) is 7.76. The third-order valence-corrected chi connectivity index (χ3v) is 5.87. The Morgan fingerprint density at radius 1 is 1.31 bits per heavy atom. The van der Waals surface area contributed by atoms with Crippen molar-refractivity contribution < 1.29 is 9.59 Å². The van der Waals surface area contributed by atoms with Crippen molar-refractivity contribution >= 4 is 23.4 Å². The van der Waals surface area contributed by atoms with Crippen LogP contribution in [-0.4, -0.2) is 45.6 Å². The topological polar surface area (TPSA) is 67.2 Å². The van der Waals surface area contributed by atoms with Gasteiger partial charge in [-0.15, -0.1) is 0 Å². The van der Waals surface area contributed by atoms with Gasteiger partial charge in [-0.2, -0.15) is 5.10 Å². The normalized spacial score (nSPS) is 19.2. The lowest BCUT2D eigenvalue weighted by atomic mass is 9.92. The average molecular weight is 417 g/mol. The van der Waals surface area contributed by atoms with Gasteiger partial charge in [0.2, 0.25) is 5.91 Å². The Hall–Kier alpha value is -2.34. The maximum absolute atomic E-state index is 13.3. The van der Waals surface area contributed by atoms with E-state index in [1.807, 2.05) is 36.9 Å². The number of aromatic nitrogens is 2. The number of rotatable bonds is 6. The molecule has 1 aliphatic heterocycles. The van der Waals surface area contributed by atoms with Crippen LogP contribution < -0.4 is 5.32 Å². The van der Waals surface area contributed by atoms with Gasteiger partial charge >= 0.3 is 0 Å². The second kappa shape index (κ2) is 9.44. The first kappa shape index (κ1) is 21.4. The minimum atomic E-state index is -0.157. The van der Waals surface area contributed by atoms with Crippen molar-refractivity contribution in [3.8, 4) is 5.69 Å². The van der Waals surface area contributed by atoms with Gasteiger partial charge in [-0.1, -0.05) is 31.0 Å². The van der Waals surface area contributed by atoms with Crippen molar-refractivity contribution in [3.63, 3.8) is 0 Å². The predicted octanol–water partition coefficient (Wildman–Crippen LogP) is 3.99. The molecule has 0 radical (unpaired) electrons. The molecule has 29 heavy (non-hydrogen) atoms. The van der Waals surface area contributed by atoms with Gasteiger partial charge in [0.25, 0.3) is 5.91 Å². The Balaban J connectivity index is 1.76. The molecule has 1 aromatic heterocycles. The van der Waals surface area contributed by atoms with E-state index >= 15 is 0 Å². The highest BCUT2D eigenvalue weighted by Gasteiger charge is 2.34. The molecule has 1 N–H and O–H groups in total. The first-order chi connectivity index (χ1) is 13.9. The molecule has 7 heteroatoms. The summed E-state index contributed by atoms with van der Waals surface area (Å²) in [4.78, 5) is 27.6. The largest absolute Gasteiger partial charge is 0.356 e. The number of halogens is 1. The molecule has 1 aromatic carbocycles. The number of benzene rings is 1. The SMILES string of the molecule is CCCCNC(=O)C1CCC(C)N(C(=O)c2cnn(-c3cccc(Cl)c3)c2C)C1. The van der Waals surface area contributed by atoms with Gasteiger partial charge in [-0.3, -0.25) is 9.59 Å². The van der Waals surface area contributed by atoms with E-state index in [1.165, 1.54) is 0 Å². The van der Waals surface area contributed by atoms with Gasteiger partial charge in [0.1, 0.15) is 0 Å². The molecule has 0 bridgehead atoms. The summed E-state index contributed by atoms with van der Waals surface area (Å²) < 4.78 is 1.72. The molecule has 1 saturated heterocycles. The number of nitrogens with zero attached hydrogens (tertiary/aromatic N) is 3. The number of carbonyl (C=O) groups is 2. The summed E-state index contributed by atoms with van der Waals surface area (Å²) in [6.45, 7) is 7.16. The lowest BCUT2D eigenvalue weighted by Gasteiger charge is -2.37. The van der Waals surface area contributed by atoms with E-state index in [0.717, 1.165) is 37.1 Å². The molecule has 2 amide bonds. The van der Waals surface area contributed by atoms with Crippen LogP contribution in [0.4, 0.5) is 0 Å². The fraction of sp³-hybridized carbons (Fsp3) is 0.500. The number of likely N-dealkylation sites (tertiary alicyclic amines) is 1. The van der Waals surface area contributed by atoms with Gasteiger partial charge in [0, 0.05) is 24.2 Å². The highest BCUT2D eigenvalue weighted by atomic mass is 35.5. The van der Waals surface area contributed by atoms with E-state index < -0.39 is 0 Å². The Morgan fingerprint density at radius 3 is 2.83 bits per heavy atom. The molecule has 3 rings (SSSR count). The van der Waals surface area contributed by atoms with E-state index in [0.29, 0.717) is 23.7 Å². The van der Waals surface area contributed by atoms with Crippen LogP contribution in [0.3, 0.4) is 0 Å². The minimum absolute atomic E-state index is 0.0505. The van der Waals surface area contributed by atoms with Crippen molar-refractivity contribution in [2.45, 2.75) is 52.5 Å². The Morgan fingerprint density at radius 2 is 2.10 bits per heavy atom. The Bertz CT molecular complexity index is 879. The van der Waals surface area contributed by atoms with Crippen LogP contribution in [0.5, 0.6) is 0 Å². The maximum atomic E-state index is 13.3. The highest BCUT2D eigenvalue weighted by molar-refractivity contribution is 6.30. The lowest BCUT2D eigenvalue weighted by molar-refractivity contribution is -0.126. The molecule has 0 spiro atoms. The van der Waals surface area contributed by atoms with Crippen LogP contribution in [0.2, 0.25) is 5.02 Å². The van der Waals surface area contributed by atoms with Gasteiger partial charge in [-0.05, 0) is 51.3 Å². The maximum Gasteiger partial charge on any atom is 0.257 e. The number of piperidine rings is 1. The van der Waals surface area contributed by atoms with Crippen LogP contribution >= 0.6 is 11.6 Å². The van der Waals surface area contributed by atoms with Crippen LogP contribution in [0.1, 0.15) is 55.6 Å². The zero-order valence-corrected chi connectivity index (χ0v) is 18.1. The number of nitrogens with one attached hydrogen (secondary N) is 1. The lowest BCUT2D eigenvalue weighted by Crippen LogP contribution is -2.49. The highest BCUT2D eigenvalue weighted by Crippen LogP contribution is 2.26. The number of unbranched alkanes of at least 4 members (excludes halogenated alkanes) is 1. The van der Waals surface area contributed by atoms with Gasteiger partial charge in [0.05, 0.1) is 29.1 Å². The molecule has 2 aromatic rings. The summed E-state index contributed by atoms with van der Waals surface area (Å²) in [5.74, 6) is -0.181. The summed E-state index contributed by atoms with van der Waals surface area (Å²) >= 11 is 6.09. The molecule has 6 nitrogen and oxygen atoms in total. The van der Waals surface area contributed by atoms with Crippen molar-refractivity contribution in [2.24, 2.45) is 5.92 Å². The molecular weight excluding hydrogens is 388 g/mol. The second-order valence-corrected chi connectivity index (χ2v) is 8.20. The summed E-state index contributed by atoms with van der Waals surface area (Å²) in [6, 6.07) is 7.47. The van der Waals surface area contributed by atoms with Crippen molar-refractivity contribution in [3.05, 3.63) is 46.7 Å². The third kappa shape index (κ3) is 4.81. The minimum Gasteiger partial charge on any atom is -0.356 e. The smallest absolute Gasteiger partial charge is 0.257 e. The summed E-state index contributed by atoms with van der Waals surface area (Å²) in [5, 5.41) is 8.02. The van der Waals surface area contributed by atoms with Gasteiger partial charge in [0.15, 0.2) is 0 Å². The molecule has 0 aliphatic carbocycles. The first-order valence-electron chi connectivity index (χ1n) is 10.3. The monoisotopic (exact) mass is 416 g/mol. The fourth-order valence-corrected chi connectivity index (χ4v) is 3.96. The number of amides is 2. The van der Waals surface area contributed by atoms with E-state index in [2.05, 4.69) is 17.3 Å². The van der Waals surface area contributed by atoms with E-state index in [4.69, 9.17) is 11.6 Å². The first-order valence-corrected chi connectivity index (χ1v) is 10.7. The summed E-state index contributed by atoms with van der Waals surface area (Å²) in [7, 11) is 0. The summed E-state index contributed by atoms with van der Waals surface area (Å²) in [6.07, 6.45) is 5.25.